The molecule has 2 N–H and O–H groups in total. The number of benzene rings is 1. The lowest BCUT2D eigenvalue weighted by molar-refractivity contribution is -0.142. The molecule has 0 aromatic heterocycles. The molecule has 6 heteroatoms. The molecule has 6 nitrogen and oxygen atoms in total. The highest BCUT2D eigenvalue weighted by atomic mass is 16.5. The van der Waals surface area contributed by atoms with Gasteiger partial charge in [-0.15, -0.1) is 0 Å². The summed E-state index contributed by atoms with van der Waals surface area (Å²) < 4.78 is 10.4. The number of amides is 1. The number of nitrogens with one attached hydrogen (secondary N) is 1. The molecule has 2 unspecified atom stereocenters. The first-order chi connectivity index (χ1) is 10.9. The summed E-state index contributed by atoms with van der Waals surface area (Å²) in [7, 11) is 3.12. The maximum atomic E-state index is 12.2. The molecule has 0 aliphatic carbocycles. The van der Waals surface area contributed by atoms with E-state index in [9.17, 15) is 9.59 Å². The van der Waals surface area contributed by atoms with Gasteiger partial charge in [0.25, 0.3) is 0 Å². The Hall–Kier alpha value is -2.24. The SMILES string of the molecule is CCCC(NC(=O)C(C)Cc1ccc(OC)c(OC)c1)C(=O)O. The van der Waals surface area contributed by atoms with Gasteiger partial charge >= 0.3 is 5.97 Å². The molecule has 1 aromatic rings. The van der Waals surface area contributed by atoms with Crippen LogP contribution < -0.4 is 14.8 Å². The van der Waals surface area contributed by atoms with Gasteiger partial charge in [-0.1, -0.05) is 26.3 Å². The lowest BCUT2D eigenvalue weighted by Crippen LogP contribution is -2.43. The van der Waals surface area contributed by atoms with Crippen LogP contribution in [0.1, 0.15) is 32.3 Å². The maximum Gasteiger partial charge on any atom is 0.326 e. The summed E-state index contributed by atoms with van der Waals surface area (Å²) in [5.41, 5.74) is 0.924. The molecule has 0 spiro atoms. The molecule has 0 aliphatic rings. The molecule has 0 aliphatic heterocycles. The van der Waals surface area contributed by atoms with E-state index in [-0.39, 0.29) is 11.8 Å². The Morgan fingerprint density at radius 2 is 1.87 bits per heavy atom. The second-order valence-electron chi connectivity index (χ2n) is 5.48. The van der Waals surface area contributed by atoms with E-state index >= 15 is 0 Å². The quantitative estimate of drug-likeness (QED) is 0.728. The topological polar surface area (TPSA) is 84.9 Å². The lowest BCUT2D eigenvalue weighted by atomic mass is 9.99. The zero-order valence-corrected chi connectivity index (χ0v) is 14.1. The fourth-order valence-corrected chi connectivity index (χ4v) is 2.31. The molecular formula is C17H25NO5. The van der Waals surface area contributed by atoms with Crippen LogP contribution >= 0.6 is 0 Å². The number of carbonyl (C=O) groups excluding carboxylic acids is 1. The molecule has 23 heavy (non-hydrogen) atoms. The van der Waals surface area contributed by atoms with E-state index in [1.54, 1.807) is 27.2 Å². The van der Waals surface area contributed by atoms with Crippen LogP contribution in [0.3, 0.4) is 0 Å². The Kier molecular flexibility index (Phi) is 7.38. The summed E-state index contributed by atoms with van der Waals surface area (Å²) in [6, 6.07) is 4.64. The molecule has 0 radical (unpaired) electrons. The fraction of sp³-hybridized carbons (Fsp3) is 0.529. The Morgan fingerprint density at radius 3 is 2.39 bits per heavy atom. The van der Waals surface area contributed by atoms with Crippen LogP contribution in [0.5, 0.6) is 11.5 Å². The third kappa shape index (κ3) is 5.47. The Bertz CT molecular complexity index is 544. The Balaban J connectivity index is 2.72. The maximum absolute atomic E-state index is 12.2. The fourth-order valence-electron chi connectivity index (χ4n) is 2.31. The smallest absolute Gasteiger partial charge is 0.326 e. The van der Waals surface area contributed by atoms with Gasteiger partial charge < -0.3 is 19.9 Å². The first-order valence-electron chi connectivity index (χ1n) is 7.67. The first kappa shape index (κ1) is 18.8. The van der Waals surface area contributed by atoms with E-state index in [0.29, 0.717) is 30.8 Å². The van der Waals surface area contributed by atoms with Crippen LogP contribution in [0, 0.1) is 5.92 Å². The van der Waals surface area contributed by atoms with Crippen molar-refractivity contribution in [2.75, 3.05) is 14.2 Å². The van der Waals surface area contributed by atoms with E-state index in [2.05, 4.69) is 5.32 Å². The predicted molar refractivity (Wildman–Crippen MR) is 86.9 cm³/mol. The zero-order valence-electron chi connectivity index (χ0n) is 14.1. The van der Waals surface area contributed by atoms with Crippen LogP contribution in [-0.4, -0.2) is 37.2 Å². The number of methoxy groups -OCH3 is 2. The van der Waals surface area contributed by atoms with Gasteiger partial charge in [0, 0.05) is 5.92 Å². The molecule has 0 bridgehead atoms. The first-order valence-corrected chi connectivity index (χ1v) is 7.67. The van der Waals surface area contributed by atoms with Crippen LogP contribution in [-0.2, 0) is 16.0 Å². The molecule has 1 rings (SSSR count). The van der Waals surface area contributed by atoms with Crippen molar-refractivity contribution in [3.63, 3.8) is 0 Å². The average Bonchev–Trinajstić information content (AvgIpc) is 2.53. The normalized spacial score (nSPS) is 13.0. The Labute approximate surface area is 136 Å². The molecule has 0 fully saturated rings. The summed E-state index contributed by atoms with van der Waals surface area (Å²) in [6.45, 7) is 3.66. The summed E-state index contributed by atoms with van der Waals surface area (Å²) in [5.74, 6) is -0.375. The van der Waals surface area contributed by atoms with Crippen LogP contribution in [0.2, 0.25) is 0 Å². The highest BCUT2D eigenvalue weighted by Gasteiger charge is 2.22. The molecule has 0 saturated heterocycles. The van der Waals surface area contributed by atoms with Crippen molar-refractivity contribution in [3.8, 4) is 11.5 Å². The second-order valence-corrected chi connectivity index (χ2v) is 5.48. The van der Waals surface area contributed by atoms with Crippen molar-refractivity contribution in [3.05, 3.63) is 23.8 Å². The van der Waals surface area contributed by atoms with E-state index in [1.165, 1.54) is 0 Å². The monoisotopic (exact) mass is 323 g/mol. The van der Waals surface area contributed by atoms with Gasteiger partial charge in [-0.2, -0.15) is 0 Å². The molecule has 1 aromatic carbocycles. The van der Waals surface area contributed by atoms with Gasteiger partial charge in [-0.3, -0.25) is 4.79 Å². The summed E-state index contributed by atoms with van der Waals surface area (Å²) in [6.07, 6.45) is 1.61. The van der Waals surface area contributed by atoms with Crippen LogP contribution in [0.15, 0.2) is 18.2 Å². The highest BCUT2D eigenvalue weighted by Crippen LogP contribution is 2.28. The minimum absolute atomic E-state index is 0.263. The van der Waals surface area contributed by atoms with Crippen molar-refractivity contribution >= 4 is 11.9 Å². The van der Waals surface area contributed by atoms with Crippen molar-refractivity contribution in [1.82, 2.24) is 5.32 Å². The highest BCUT2D eigenvalue weighted by molar-refractivity contribution is 5.84. The third-order valence-electron chi connectivity index (χ3n) is 3.63. The lowest BCUT2D eigenvalue weighted by Gasteiger charge is -2.18. The van der Waals surface area contributed by atoms with Gasteiger partial charge in [0.05, 0.1) is 14.2 Å². The average molecular weight is 323 g/mol. The van der Waals surface area contributed by atoms with E-state index < -0.39 is 12.0 Å². The second kappa shape index (κ2) is 9.02. The van der Waals surface area contributed by atoms with Gasteiger partial charge in [0.15, 0.2) is 11.5 Å². The van der Waals surface area contributed by atoms with Crippen molar-refractivity contribution in [2.24, 2.45) is 5.92 Å². The summed E-state index contributed by atoms with van der Waals surface area (Å²) >= 11 is 0. The van der Waals surface area contributed by atoms with Gasteiger partial charge in [-0.25, -0.2) is 4.79 Å². The number of carboxylic acids is 1. The van der Waals surface area contributed by atoms with Crippen molar-refractivity contribution < 1.29 is 24.2 Å². The zero-order chi connectivity index (χ0) is 17.4. The van der Waals surface area contributed by atoms with Crippen LogP contribution in [0.4, 0.5) is 0 Å². The van der Waals surface area contributed by atoms with E-state index in [4.69, 9.17) is 14.6 Å². The predicted octanol–water partition coefficient (Wildman–Crippen LogP) is 2.25. The third-order valence-corrected chi connectivity index (χ3v) is 3.63. The number of carboxylic acid groups (broad SMARTS) is 1. The molecule has 2 atom stereocenters. The van der Waals surface area contributed by atoms with Crippen LogP contribution in [0.25, 0.3) is 0 Å². The number of hydrogen-bond donors (Lipinski definition) is 2. The number of hydrogen-bond acceptors (Lipinski definition) is 4. The molecule has 0 heterocycles. The summed E-state index contributed by atoms with van der Waals surface area (Å²) in [5, 5.41) is 11.7. The number of ether oxygens (including phenoxy) is 2. The molecular weight excluding hydrogens is 298 g/mol. The standard InChI is InChI=1S/C17H25NO5/c1-5-6-13(17(20)21)18-16(19)11(2)9-12-7-8-14(22-3)15(10-12)23-4/h7-8,10-11,13H,5-6,9H2,1-4H3,(H,18,19)(H,20,21). The largest absolute Gasteiger partial charge is 0.493 e. The van der Waals surface area contributed by atoms with Gasteiger partial charge in [0.2, 0.25) is 5.91 Å². The van der Waals surface area contributed by atoms with Gasteiger partial charge in [-0.05, 0) is 30.5 Å². The minimum atomic E-state index is -1.00. The summed E-state index contributed by atoms with van der Waals surface area (Å²) in [4.78, 5) is 23.3. The van der Waals surface area contributed by atoms with Crippen molar-refractivity contribution in [1.29, 1.82) is 0 Å². The number of aliphatic carboxylic acids is 1. The molecule has 1 amide bonds. The van der Waals surface area contributed by atoms with E-state index in [1.807, 2.05) is 19.1 Å². The molecule has 0 saturated carbocycles. The number of rotatable bonds is 9. The molecule has 128 valence electrons. The Morgan fingerprint density at radius 1 is 1.22 bits per heavy atom. The minimum Gasteiger partial charge on any atom is -0.493 e. The van der Waals surface area contributed by atoms with E-state index in [0.717, 1.165) is 5.56 Å². The van der Waals surface area contributed by atoms with Crippen molar-refractivity contribution in [2.45, 2.75) is 39.2 Å². The van der Waals surface area contributed by atoms with Gasteiger partial charge in [0.1, 0.15) is 6.04 Å². The number of carbonyl (C=O) groups is 2.